The number of carbonyl (C=O) groups is 1. The third kappa shape index (κ3) is 4.63. The van der Waals surface area contributed by atoms with Gasteiger partial charge < -0.3 is 4.90 Å². The van der Waals surface area contributed by atoms with Gasteiger partial charge in [0.15, 0.2) is 0 Å². The largest absolute Gasteiger partial charge is 0.385 e. The zero-order valence-electron chi connectivity index (χ0n) is 20.8. The molecule has 0 spiro atoms. The first kappa shape index (κ1) is 25.7. The van der Waals surface area contributed by atoms with E-state index in [4.69, 9.17) is 16.6 Å². The van der Waals surface area contributed by atoms with Crippen LogP contribution in [0.2, 0.25) is 5.02 Å². The van der Waals surface area contributed by atoms with Gasteiger partial charge in [-0.05, 0) is 67.0 Å². The van der Waals surface area contributed by atoms with Crippen LogP contribution >= 0.6 is 46.0 Å². The molecule has 0 aliphatic carbocycles. The number of thioether (sulfide) groups is 1. The number of nitrogens with zero attached hydrogens (tertiary/aromatic N) is 5. The number of aromatic nitrogens is 2. The van der Waals surface area contributed by atoms with Crippen molar-refractivity contribution < 1.29 is 9.36 Å². The van der Waals surface area contributed by atoms with Crippen molar-refractivity contribution in [3.63, 3.8) is 0 Å². The number of aliphatic imine (C=N–C) groups is 1. The Balaban J connectivity index is 1.62. The lowest BCUT2D eigenvalue weighted by Crippen LogP contribution is -2.35. The monoisotopic (exact) mass is 570 g/mol. The standard InChI is InChI=1S/C26H25ClN5O2S3/c1-5-31-22(33)20(18-9-7-8-14-29(18)3)36-24(31)21-23(34)32(6-2)26(37-21)28-25-30(4)19(15-35-25)16-10-12-17(27)13-11-16/h7-15H,5-6H2,1-4H3/q+1/b20-18-,24-21-. The molecule has 1 aromatic carbocycles. The Morgan fingerprint density at radius 2 is 1.84 bits per heavy atom. The molecular formula is C26H25ClN5O2S3+. The van der Waals surface area contributed by atoms with Crippen LogP contribution < -0.4 is 19.3 Å². The molecule has 0 atom stereocenters. The Hall–Kier alpha value is -2.92. The van der Waals surface area contributed by atoms with Crippen LogP contribution in [0, 0.1) is 0 Å². The number of amides is 1. The summed E-state index contributed by atoms with van der Waals surface area (Å²) in [7, 11) is 3.87. The van der Waals surface area contributed by atoms with Crippen molar-refractivity contribution in [1.29, 1.82) is 0 Å². The molecule has 1 amide bonds. The van der Waals surface area contributed by atoms with Crippen LogP contribution in [0.15, 0.2) is 63.9 Å². The van der Waals surface area contributed by atoms with E-state index in [1.165, 1.54) is 34.4 Å². The summed E-state index contributed by atoms with van der Waals surface area (Å²) in [5.41, 5.74) is 2.79. The second-order valence-corrected chi connectivity index (χ2v) is 11.6. The van der Waals surface area contributed by atoms with Gasteiger partial charge in [-0.3, -0.25) is 19.1 Å². The Labute approximate surface area is 231 Å². The van der Waals surface area contributed by atoms with E-state index in [0.717, 1.165) is 22.1 Å². The van der Waals surface area contributed by atoms with Crippen LogP contribution in [-0.2, 0) is 18.4 Å². The molecule has 4 heterocycles. The van der Waals surface area contributed by atoms with Gasteiger partial charge in [-0.15, -0.1) is 11.3 Å². The van der Waals surface area contributed by atoms with Crippen molar-refractivity contribution in [2.24, 2.45) is 12.0 Å². The fourth-order valence-corrected chi connectivity index (χ4v) is 7.70. The number of carbonyl (C=O) groups excluding carboxylic acids is 1. The fourth-order valence-electron chi connectivity index (χ4n) is 4.12. The lowest BCUT2D eigenvalue weighted by molar-refractivity contribution is -0.642. The maximum absolute atomic E-state index is 13.5. The minimum absolute atomic E-state index is 0.0871. The molecule has 37 heavy (non-hydrogen) atoms. The Morgan fingerprint density at radius 3 is 2.51 bits per heavy atom. The molecule has 7 nitrogen and oxygen atoms in total. The Kier molecular flexibility index (Phi) is 7.26. The van der Waals surface area contributed by atoms with E-state index in [0.29, 0.717) is 37.4 Å². The van der Waals surface area contributed by atoms with Crippen molar-refractivity contribution in [1.82, 2.24) is 14.4 Å². The molecule has 190 valence electrons. The predicted octanol–water partition coefficient (Wildman–Crippen LogP) is 3.65. The molecule has 0 N–H and O–H groups in total. The number of hydrogen-bond donors (Lipinski definition) is 0. The summed E-state index contributed by atoms with van der Waals surface area (Å²) in [6.07, 6.45) is 7.67. The fraction of sp³-hybridized carbons (Fsp3) is 0.231. The number of thiazole rings is 2. The normalized spacial score (nSPS) is 19.6. The van der Waals surface area contributed by atoms with E-state index in [2.05, 4.69) is 0 Å². The molecule has 1 fully saturated rings. The summed E-state index contributed by atoms with van der Waals surface area (Å²) in [4.78, 5) is 35.9. The van der Waals surface area contributed by atoms with Crippen LogP contribution in [0.3, 0.4) is 0 Å². The highest BCUT2D eigenvalue weighted by molar-refractivity contribution is 8.23. The van der Waals surface area contributed by atoms with Crippen molar-refractivity contribution in [3.8, 4) is 11.3 Å². The minimum Gasteiger partial charge on any atom is -0.350 e. The van der Waals surface area contributed by atoms with Crippen LogP contribution in [0.5, 0.6) is 0 Å². The second kappa shape index (κ2) is 10.4. The van der Waals surface area contributed by atoms with Gasteiger partial charge >= 0.3 is 5.13 Å². The predicted molar refractivity (Wildman–Crippen MR) is 154 cm³/mol. The molecule has 2 aliphatic heterocycles. The zero-order chi connectivity index (χ0) is 26.3. The maximum atomic E-state index is 13.5. The molecule has 2 aromatic heterocycles. The van der Waals surface area contributed by atoms with Crippen molar-refractivity contribution in [3.05, 3.63) is 78.6 Å². The van der Waals surface area contributed by atoms with Crippen LogP contribution in [0.25, 0.3) is 21.9 Å². The molecule has 0 saturated carbocycles. The number of amidine groups is 1. The summed E-state index contributed by atoms with van der Waals surface area (Å²) >= 11 is 10.3. The molecule has 5 rings (SSSR count). The van der Waals surface area contributed by atoms with Crippen LogP contribution in [0.4, 0.5) is 5.13 Å². The van der Waals surface area contributed by atoms with E-state index >= 15 is 0 Å². The number of rotatable bonds is 4. The summed E-state index contributed by atoms with van der Waals surface area (Å²) in [5, 5.41) is 4.12. The summed E-state index contributed by atoms with van der Waals surface area (Å²) in [6.45, 7) is 4.81. The third-order valence-electron chi connectivity index (χ3n) is 6.12. The van der Waals surface area contributed by atoms with Crippen LogP contribution in [0.1, 0.15) is 13.8 Å². The molecule has 2 aliphatic rings. The topological polar surface area (TPSA) is 61.8 Å². The van der Waals surface area contributed by atoms with Crippen molar-refractivity contribution in [2.75, 3.05) is 13.6 Å². The lowest BCUT2D eigenvalue weighted by Gasteiger charge is -2.16. The van der Waals surface area contributed by atoms with E-state index in [9.17, 15) is 9.59 Å². The average Bonchev–Trinajstić information content (AvgIpc) is 3.52. The highest BCUT2D eigenvalue weighted by atomic mass is 35.5. The quantitative estimate of drug-likeness (QED) is 0.449. The first-order valence-electron chi connectivity index (χ1n) is 11.7. The van der Waals surface area contributed by atoms with Gasteiger partial charge in [0.25, 0.3) is 16.6 Å². The van der Waals surface area contributed by atoms with Crippen molar-refractivity contribution in [2.45, 2.75) is 20.4 Å². The first-order chi connectivity index (χ1) is 17.8. The van der Waals surface area contributed by atoms with Gasteiger partial charge in [0.2, 0.25) is 0 Å². The van der Waals surface area contributed by atoms with Gasteiger partial charge in [0.05, 0.1) is 12.7 Å². The van der Waals surface area contributed by atoms with Gasteiger partial charge in [0, 0.05) is 42.3 Å². The minimum atomic E-state index is -0.129. The molecule has 1 saturated heterocycles. The molecule has 0 radical (unpaired) electrons. The number of likely N-dealkylation sites (N-methyl/N-ethyl adjacent to an activating group) is 1. The smallest absolute Gasteiger partial charge is 0.350 e. The second-order valence-electron chi connectivity index (χ2n) is 8.33. The van der Waals surface area contributed by atoms with Crippen LogP contribution in [-0.4, -0.2) is 39.0 Å². The van der Waals surface area contributed by atoms with Crippen molar-refractivity contribution >= 4 is 72.8 Å². The lowest BCUT2D eigenvalue weighted by atomic mass is 10.2. The Bertz CT molecular complexity index is 1660. The molecule has 0 unspecified atom stereocenters. The average molecular weight is 571 g/mol. The van der Waals surface area contributed by atoms with E-state index in [1.54, 1.807) is 9.47 Å². The van der Waals surface area contributed by atoms with E-state index in [-0.39, 0.29) is 11.5 Å². The van der Waals surface area contributed by atoms with E-state index in [1.807, 2.05) is 91.5 Å². The number of hydrogen-bond acceptors (Lipinski definition) is 7. The molecule has 0 bridgehead atoms. The number of benzene rings is 1. The summed E-state index contributed by atoms with van der Waals surface area (Å²) in [5.74, 6) is -0.129. The highest BCUT2D eigenvalue weighted by Gasteiger charge is 2.38. The van der Waals surface area contributed by atoms with E-state index < -0.39 is 0 Å². The highest BCUT2D eigenvalue weighted by Crippen LogP contribution is 2.34. The first-order valence-corrected chi connectivity index (χ1v) is 14.6. The van der Waals surface area contributed by atoms with Gasteiger partial charge in [0.1, 0.15) is 19.8 Å². The molecular weight excluding hydrogens is 546 g/mol. The number of halogens is 1. The number of allylic oxidation sites excluding steroid dienone is 2. The SMILES string of the molecule is CCN1C(=O)/C(=c2/s/c(=C3/C=CC=CN3C)c(=O)n2CC)S/C1=N\c1scc(-c2ccc(Cl)cc2)[n+]1C. The summed E-state index contributed by atoms with van der Waals surface area (Å²) < 4.78 is 4.99. The molecule has 11 heteroatoms. The zero-order valence-corrected chi connectivity index (χ0v) is 24.0. The van der Waals surface area contributed by atoms with Gasteiger partial charge in [-0.1, -0.05) is 29.0 Å². The Morgan fingerprint density at radius 1 is 1.08 bits per heavy atom. The van der Waals surface area contributed by atoms with Gasteiger partial charge in [-0.2, -0.15) is 0 Å². The van der Waals surface area contributed by atoms with Gasteiger partial charge in [-0.25, -0.2) is 4.57 Å². The summed E-state index contributed by atoms with van der Waals surface area (Å²) in [6, 6.07) is 7.68. The maximum Gasteiger partial charge on any atom is 0.385 e. The molecule has 3 aromatic rings. The third-order valence-corrected chi connectivity index (χ3v) is 9.69.